The van der Waals surface area contributed by atoms with Gasteiger partial charge < -0.3 is 20.7 Å². The summed E-state index contributed by atoms with van der Waals surface area (Å²) >= 11 is 3.61. The number of anilines is 2. The molecule has 1 aromatic carbocycles. The molecule has 21 heavy (non-hydrogen) atoms. The molecule has 3 rings (SSSR count). The summed E-state index contributed by atoms with van der Waals surface area (Å²) in [6, 6.07) is 3.40. The smallest absolute Gasteiger partial charge is 0.245 e. The molecule has 0 aromatic heterocycles. The van der Waals surface area contributed by atoms with E-state index in [1.54, 1.807) is 0 Å². The number of rotatable bonds is 3. The van der Waals surface area contributed by atoms with Crippen molar-refractivity contribution in [1.29, 1.82) is 0 Å². The summed E-state index contributed by atoms with van der Waals surface area (Å²) < 4.78 is 6.73. The van der Waals surface area contributed by atoms with Gasteiger partial charge in [0.2, 0.25) is 5.91 Å². The van der Waals surface area contributed by atoms with Crippen molar-refractivity contribution in [2.45, 2.75) is 31.9 Å². The molecule has 6 heteroatoms. The van der Waals surface area contributed by atoms with Gasteiger partial charge >= 0.3 is 0 Å². The molecule has 0 radical (unpaired) electrons. The van der Waals surface area contributed by atoms with Crippen LogP contribution in [0.1, 0.15) is 31.4 Å². The first kappa shape index (κ1) is 14.8. The van der Waals surface area contributed by atoms with Gasteiger partial charge in [-0.25, -0.2) is 0 Å². The molecule has 0 aliphatic carbocycles. The van der Waals surface area contributed by atoms with Crippen molar-refractivity contribution in [2.75, 3.05) is 29.9 Å². The lowest BCUT2D eigenvalue weighted by Gasteiger charge is -2.35. The Morgan fingerprint density at radius 1 is 1.52 bits per heavy atom. The minimum Gasteiger partial charge on any atom is -0.377 e. The van der Waals surface area contributed by atoms with Crippen LogP contribution in [0.25, 0.3) is 0 Å². The van der Waals surface area contributed by atoms with Crippen molar-refractivity contribution in [3.8, 4) is 0 Å². The monoisotopic (exact) mass is 353 g/mol. The predicted octanol–water partition coefficient (Wildman–Crippen LogP) is 2.41. The number of hydrogen-bond donors (Lipinski definition) is 2. The number of amides is 1. The van der Waals surface area contributed by atoms with Gasteiger partial charge in [-0.1, -0.05) is 0 Å². The van der Waals surface area contributed by atoms with Crippen LogP contribution < -0.4 is 16.0 Å². The first-order valence-electron chi connectivity index (χ1n) is 7.36. The fourth-order valence-electron chi connectivity index (χ4n) is 3.07. The van der Waals surface area contributed by atoms with Gasteiger partial charge in [-0.2, -0.15) is 0 Å². The minimum absolute atomic E-state index is 0.139. The van der Waals surface area contributed by atoms with E-state index in [4.69, 9.17) is 10.5 Å². The topological polar surface area (TPSA) is 67.6 Å². The van der Waals surface area contributed by atoms with Crippen molar-refractivity contribution < 1.29 is 9.53 Å². The van der Waals surface area contributed by atoms with Crippen LogP contribution in [-0.4, -0.2) is 31.7 Å². The van der Waals surface area contributed by atoms with Crippen LogP contribution in [0.4, 0.5) is 11.4 Å². The average molecular weight is 354 g/mol. The third-order valence-corrected chi connectivity index (χ3v) is 4.75. The quantitative estimate of drug-likeness (QED) is 0.875. The Labute approximate surface area is 132 Å². The predicted molar refractivity (Wildman–Crippen MR) is 86.6 cm³/mol. The zero-order valence-corrected chi connectivity index (χ0v) is 13.6. The Kier molecular flexibility index (Phi) is 4.19. The number of hydrogen-bond acceptors (Lipinski definition) is 4. The highest BCUT2D eigenvalue weighted by Crippen LogP contribution is 2.39. The summed E-state index contributed by atoms with van der Waals surface area (Å²) in [7, 11) is 0. The molecule has 3 N–H and O–H groups in total. The molecule has 2 atom stereocenters. The van der Waals surface area contributed by atoms with E-state index >= 15 is 0 Å². The highest BCUT2D eigenvalue weighted by molar-refractivity contribution is 9.10. The lowest BCUT2D eigenvalue weighted by molar-refractivity contribution is -0.116. The van der Waals surface area contributed by atoms with Crippen molar-refractivity contribution in [3.05, 3.63) is 22.2 Å². The van der Waals surface area contributed by atoms with Crippen LogP contribution in [0.5, 0.6) is 0 Å². The van der Waals surface area contributed by atoms with E-state index in [1.807, 2.05) is 19.1 Å². The number of fused-ring (bicyclic) bond motifs is 1. The van der Waals surface area contributed by atoms with E-state index < -0.39 is 6.04 Å². The molecule has 0 saturated carbocycles. The minimum atomic E-state index is -0.567. The second kappa shape index (κ2) is 5.94. The molecule has 0 bridgehead atoms. The maximum atomic E-state index is 11.7. The fraction of sp³-hybridized carbons (Fsp3) is 0.533. The molecule has 1 fully saturated rings. The maximum Gasteiger partial charge on any atom is 0.245 e. The van der Waals surface area contributed by atoms with E-state index in [-0.39, 0.29) is 12.0 Å². The van der Waals surface area contributed by atoms with Crippen LogP contribution in [0.3, 0.4) is 0 Å². The number of piperidine rings is 1. The number of nitrogens with two attached hydrogens (primary N) is 1. The Balaban J connectivity index is 1.86. The van der Waals surface area contributed by atoms with Crippen LogP contribution in [0.15, 0.2) is 16.6 Å². The number of carbonyl (C=O) groups excluding carboxylic acids is 1. The first-order valence-corrected chi connectivity index (χ1v) is 8.16. The van der Waals surface area contributed by atoms with Crippen molar-refractivity contribution in [2.24, 2.45) is 5.73 Å². The standard InChI is InChI=1S/C15H20BrN3O2/c1-2-21-9-4-3-5-19(8-9)13-7-12-10(6-11(13)16)14(17)15(20)18-12/h6-7,9,14H,2-5,8,17H2,1H3,(H,18,20). The SMILES string of the molecule is CCOC1CCCN(c2cc3c(cc2Br)C(N)C(=O)N3)C1. The summed E-state index contributed by atoms with van der Waals surface area (Å²) in [5, 5.41) is 2.85. The van der Waals surface area contributed by atoms with E-state index in [1.165, 1.54) is 0 Å². The third kappa shape index (κ3) is 2.80. The Hall–Kier alpha value is -1.11. The molecule has 2 unspecified atom stereocenters. The first-order chi connectivity index (χ1) is 10.1. The molecule has 2 heterocycles. The van der Waals surface area contributed by atoms with Crippen LogP contribution in [-0.2, 0) is 9.53 Å². The van der Waals surface area contributed by atoms with Gasteiger partial charge in [0.15, 0.2) is 0 Å². The summed E-state index contributed by atoms with van der Waals surface area (Å²) in [5.74, 6) is -0.139. The Morgan fingerprint density at radius 2 is 2.33 bits per heavy atom. The molecule has 1 amide bonds. The van der Waals surface area contributed by atoms with Gasteiger partial charge in [-0.3, -0.25) is 4.79 Å². The van der Waals surface area contributed by atoms with E-state index in [0.29, 0.717) is 0 Å². The van der Waals surface area contributed by atoms with Gasteiger partial charge in [0.25, 0.3) is 0 Å². The lowest BCUT2D eigenvalue weighted by Crippen LogP contribution is -2.39. The zero-order valence-electron chi connectivity index (χ0n) is 12.1. The number of nitrogens with one attached hydrogen (secondary N) is 1. The van der Waals surface area contributed by atoms with Crippen LogP contribution in [0.2, 0.25) is 0 Å². The van der Waals surface area contributed by atoms with Gasteiger partial charge in [0.1, 0.15) is 6.04 Å². The normalized spacial score (nSPS) is 24.9. The molecule has 5 nitrogen and oxygen atoms in total. The maximum absolute atomic E-state index is 11.7. The van der Waals surface area contributed by atoms with Gasteiger partial charge in [-0.15, -0.1) is 0 Å². The second-order valence-electron chi connectivity index (χ2n) is 5.52. The highest BCUT2D eigenvalue weighted by atomic mass is 79.9. The summed E-state index contributed by atoms with van der Waals surface area (Å²) in [6.45, 7) is 4.65. The molecule has 0 spiro atoms. The lowest BCUT2D eigenvalue weighted by atomic mass is 10.0. The fourth-order valence-corrected chi connectivity index (χ4v) is 3.68. The molecule has 2 aliphatic heterocycles. The van der Waals surface area contributed by atoms with E-state index in [9.17, 15) is 4.79 Å². The van der Waals surface area contributed by atoms with Crippen LogP contribution >= 0.6 is 15.9 Å². The van der Waals surface area contributed by atoms with Crippen molar-refractivity contribution in [3.63, 3.8) is 0 Å². The number of nitrogens with zero attached hydrogens (tertiary/aromatic N) is 1. The molecular formula is C15H20BrN3O2. The average Bonchev–Trinajstić information content (AvgIpc) is 2.74. The van der Waals surface area contributed by atoms with E-state index in [2.05, 4.69) is 26.1 Å². The number of ether oxygens (including phenoxy) is 1. The molecule has 1 saturated heterocycles. The second-order valence-corrected chi connectivity index (χ2v) is 6.38. The molecular weight excluding hydrogens is 334 g/mol. The summed E-state index contributed by atoms with van der Waals surface area (Å²) in [5.41, 5.74) is 8.65. The number of carbonyl (C=O) groups is 1. The zero-order chi connectivity index (χ0) is 15.0. The van der Waals surface area contributed by atoms with Crippen molar-refractivity contribution in [1.82, 2.24) is 0 Å². The summed E-state index contributed by atoms with van der Waals surface area (Å²) in [4.78, 5) is 14.0. The van der Waals surface area contributed by atoms with E-state index in [0.717, 1.165) is 53.9 Å². The van der Waals surface area contributed by atoms with Gasteiger partial charge in [-0.05, 0) is 47.8 Å². The Morgan fingerprint density at radius 3 is 3.10 bits per heavy atom. The molecule has 114 valence electrons. The largest absolute Gasteiger partial charge is 0.377 e. The van der Waals surface area contributed by atoms with Crippen LogP contribution in [0, 0.1) is 0 Å². The third-order valence-electron chi connectivity index (χ3n) is 4.12. The Bertz CT molecular complexity index is 562. The number of halogens is 1. The molecule has 1 aromatic rings. The van der Waals surface area contributed by atoms with Gasteiger partial charge in [0.05, 0.1) is 11.8 Å². The number of benzene rings is 1. The summed E-state index contributed by atoms with van der Waals surface area (Å²) in [6.07, 6.45) is 2.50. The van der Waals surface area contributed by atoms with Gasteiger partial charge in [0, 0.05) is 35.4 Å². The highest BCUT2D eigenvalue weighted by Gasteiger charge is 2.30. The molecule has 2 aliphatic rings. The van der Waals surface area contributed by atoms with Crippen molar-refractivity contribution >= 4 is 33.2 Å².